The number of aromatic nitrogens is 1. The van der Waals surface area contributed by atoms with Crippen molar-refractivity contribution in [2.75, 3.05) is 31.1 Å². The minimum Gasteiger partial charge on any atom is -0.472 e. The molecule has 0 aliphatic carbocycles. The molecule has 2 saturated heterocycles. The van der Waals surface area contributed by atoms with Crippen LogP contribution in [0.1, 0.15) is 46.4 Å². The SMILES string of the molecule is Cc1cc(C#N)c(N2CC[C@@H](O)[C@]3(CCCN(C(=O)c4ccoc4)C3)C2)nc1C. The average Bonchev–Trinajstić information content (AvgIpc) is 3.26. The van der Waals surface area contributed by atoms with Gasteiger partial charge in [0, 0.05) is 37.3 Å². The maximum Gasteiger partial charge on any atom is 0.257 e. The highest BCUT2D eigenvalue weighted by Crippen LogP contribution is 2.41. The molecule has 1 amide bonds. The fourth-order valence-electron chi connectivity index (χ4n) is 4.65. The second kappa shape index (κ2) is 7.53. The second-order valence-corrected chi connectivity index (χ2v) is 8.30. The van der Waals surface area contributed by atoms with E-state index in [1.807, 2.05) is 24.8 Å². The molecule has 29 heavy (non-hydrogen) atoms. The summed E-state index contributed by atoms with van der Waals surface area (Å²) < 4.78 is 5.06. The van der Waals surface area contributed by atoms with Gasteiger partial charge in [-0.2, -0.15) is 5.26 Å². The highest BCUT2D eigenvalue weighted by Gasteiger charge is 2.47. The van der Waals surface area contributed by atoms with Gasteiger partial charge in [0.15, 0.2) is 0 Å². The van der Waals surface area contributed by atoms with Crippen molar-refractivity contribution in [2.45, 2.75) is 39.2 Å². The fraction of sp³-hybridized carbons (Fsp3) is 0.500. The Morgan fingerprint density at radius 1 is 1.38 bits per heavy atom. The lowest BCUT2D eigenvalue weighted by molar-refractivity contribution is -0.0362. The Morgan fingerprint density at radius 2 is 2.21 bits per heavy atom. The van der Waals surface area contributed by atoms with Crippen LogP contribution in [0.25, 0.3) is 0 Å². The largest absolute Gasteiger partial charge is 0.472 e. The predicted molar refractivity (Wildman–Crippen MR) is 108 cm³/mol. The molecule has 2 fully saturated rings. The summed E-state index contributed by atoms with van der Waals surface area (Å²) in [7, 11) is 0. The maximum absolute atomic E-state index is 12.8. The van der Waals surface area contributed by atoms with E-state index in [1.54, 1.807) is 6.07 Å². The van der Waals surface area contributed by atoms with Crippen LogP contribution in [0.4, 0.5) is 5.82 Å². The molecule has 2 atom stereocenters. The lowest BCUT2D eigenvalue weighted by atomic mass is 9.71. The summed E-state index contributed by atoms with van der Waals surface area (Å²) in [5, 5.41) is 20.5. The summed E-state index contributed by atoms with van der Waals surface area (Å²) in [6.07, 6.45) is 4.74. The lowest BCUT2D eigenvalue weighted by Crippen LogP contribution is -2.60. The van der Waals surface area contributed by atoms with Gasteiger partial charge in [-0.25, -0.2) is 4.98 Å². The number of likely N-dealkylation sites (tertiary alicyclic amines) is 1. The molecule has 0 bridgehead atoms. The Hall–Kier alpha value is -2.85. The van der Waals surface area contributed by atoms with Crippen LogP contribution >= 0.6 is 0 Å². The van der Waals surface area contributed by atoms with Gasteiger partial charge in [0.25, 0.3) is 5.91 Å². The molecule has 0 aromatic carbocycles. The smallest absolute Gasteiger partial charge is 0.257 e. The van der Waals surface area contributed by atoms with Crippen molar-refractivity contribution in [3.8, 4) is 6.07 Å². The van der Waals surface area contributed by atoms with Crippen molar-refractivity contribution in [3.05, 3.63) is 47.0 Å². The van der Waals surface area contributed by atoms with Crippen LogP contribution in [-0.4, -0.2) is 53.2 Å². The lowest BCUT2D eigenvalue weighted by Gasteiger charge is -2.51. The molecular weight excluding hydrogens is 368 g/mol. The molecule has 2 aromatic rings. The molecule has 1 N–H and O–H groups in total. The standard InChI is InChI=1S/C22H26N4O3/c1-15-10-18(11-23)20(24-16(15)2)25-8-4-19(27)22(13-25)6-3-7-26(14-22)21(28)17-5-9-29-12-17/h5,9-10,12,19,27H,3-4,6-8,13-14H2,1-2H3/t19-,22-/m1/s1. The summed E-state index contributed by atoms with van der Waals surface area (Å²) in [5.74, 6) is 0.615. The van der Waals surface area contributed by atoms with Crippen molar-refractivity contribution in [1.29, 1.82) is 5.26 Å². The molecule has 4 rings (SSSR count). The van der Waals surface area contributed by atoms with Crippen LogP contribution in [0.5, 0.6) is 0 Å². The number of piperidine rings is 2. The third-order valence-corrected chi connectivity index (χ3v) is 6.41. The Labute approximate surface area is 170 Å². The first-order valence-corrected chi connectivity index (χ1v) is 10.1. The van der Waals surface area contributed by atoms with Gasteiger partial charge in [0.1, 0.15) is 18.2 Å². The summed E-state index contributed by atoms with van der Waals surface area (Å²) >= 11 is 0. The molecular formula is C22H26N4O3. The van der Waals surface area contributed by atoms with Gasteiger partial charge >= 0.3 is 0 Å². The molecule has 152 valence electrons. The molecule has 2 aliphatic heterocycles. The summed E-state index contributed by atoms with van der Waals surface area (Å²) in [5.41, 5.74) is 2.56. The summed E-state index contributed by atoms with van der Waals surface area (Å²) in [4.78, 5) is 21.5. The van der Waals surface area contributed by atoms with Crippen molar-refractivity contribution in [2.24, 2.45) is 5.41 Å². The van der Waals surface area contributed by atoms with Crippen LogP contribution in [0.2, 0.25) is 0 Å². The number of furan rings is 1. The third-order valence-electron chi connectivity index (χ3n) is 6.41. The maximum atomic E-state index is 12.8. The second-order valence-electron chi connectivity index (χ2n) is 8.30. The molecule has 0 unspecified atom stereocenters. The highest BCUT2D eigenvalue weighted by molar-refractivity contribution is 5.93. The molecule has 7 heteroatoms. The molecule has 1 spiro atoms. The number of rotatable bonds is 2. The number of amides is 1. The van der Waals surface area contributed by atoms with Crippen LogP contribution < -0.4 is 4.90 Å². The first-order chi connectivity index (χ1) is 13.9. The first kappa shape index (κ1) is 19.5. The minimum absolute atomic E-state index is 0.0656. The fourth-order valence-corrected chi connectivity index (χ4v) is 4.65. The number of carbonyl (C=O) groups is 1. The van der Waals surface area contributed by atoms with E-state index < -0.39 is 11.5 Å². The van der Waals surface area contributed by atoms with Gasteiger partial charge in [-0.1, -0.05) is 0 Å². The Bertz CT molecular complexity index is 950. The monoisotopic (exact) mass is 394 g/mol. The zero-order valence-electron chi connectivity index (χ0n) is 16.9. The normalized spacial score (nSPS) is 24.6. The third kappa shape index (κ3) is 3.49. The van der Waals surface area contributed by atoms with Crippen LogP contribution in [-0.2, 0) is 0 Å². The summed E-state index contributed by atoms with van der Waals surface area (Å²) in [6.45, 7) is 6.27. The number of hydrogen-bond acceptors (Lipinski definition) is 6. The minimum atomic E-state index is -0.490. The van der Waals surface area contributed by atoms with E-state index in [2.05, 4.69) is 11.0 Å². The molecule has 4 heterocycles. The highest BCUT2D eigenvalue weighted by atomic mass is 16.3. The van der Waals surface area contributed by atoms with Gasteiger partial charge in [-0.15, -0.1) is 0 Å². The number of anilines is 1. The van der Waals surface area contributed by atoms with E-state index in [4.69, 9.17) is 9.40 Å². The van der Waals surface area contributed by atoms with E-state index in [-0.39, 0.29) is 5.91 Å². The van der Waals surface area contributed by atoms with E-state index in [1.165, 1.54) is 12.5 Å². The van der Waals surface area contributed by atoms with E-state index in [0.29, 0.717) is 49.5 Å². The van der Waals surface area contributed by atoms with Crippen molar-refractivity contribution < 1.29 is 14.3 Å². The molecule has 0 saturated carbocycles. The van der Waals surface area contributed by atoms with Crippen LogP contribution in [0.3, 0.4) is 0 Å². The Balaban J connectivity index is 1.61. The van der Waals surface area contributed by atoms with Crippen molar-refractivity contribution in [3.63, 3.8) is 0 Å². The quantitative estimate of drug-likeness (QED) is 0.842. The van der Waals surface area contributed by atoms with Gasteiger partial charge in [-0.3, -0.25) is 4.79 Å². The molecule has 0 radical (unpaired) electrons. The first-order valence-electron chi connectivity index (χ1n) is 10.1. The zero-order valence-corrected chi connectivity index (χ0v) is 16.9. The molecule has 2 aromatic heterocycles. The van der Waals surface area contributed by atoms with Crippen molar-refractivity contribution in [1.82, 2.24) is 9.88 Å². The number of carbonyl (C=O) groups excluding carboxylic acids is 1. The van der Waals surface area contributed by atoms with Gasteiger partial charge in [0.05, 0.1) is 23.5 Å². The van der Waals surface area contributed by atoms with Gasteiger partial charge in [0.2, 0.25) is 0 Å². The molecule has 2 aliphatic rings. The van der Waals surface area contributed by atoms with E-state index >= 15 is 0 Å². The van der Waals surface area contributed by atoms with E-state index in [0.717, 1.165) is 24.1 Å². The number of pyridine rings is 1. The Kier molecular flexibility index (Phi) is 5.05. The average molecular weight is 394 g/mol. The van der Waals surface area contributed by atoms with Gasteiger partial charge < -0.3 is 19.3 Å². The van der Waals surface area contributed by atoms with Crippen LogP contribution in [0, 0.1) is 30.6 Å². The number of nitriles is 1. The summed E-state index contributed by atoms with van der Waals surface area (Å²) in [6, 6.07) is 5.82. The van der Waals surface area contributed by atoms with Crippen molar-refractivity contribution >= 4 is 11.7 Å². The molecule has 7 nitrogen and oxygen atoms in total. The van der Waals surface area contributed by atoms with Crippen LogP contribution in [0.15, 0.2) is 29.1 Å². The number of aliphatic hydroxyl groups is 1. The van der Waals surface area contributed by atoms with Gasteiger partial charge in [-0.05, 0) is 50.8 Å². The number of nitrogens with zero attached hydrogens (tertiary/aromatic N) is 4. The number of hydrogen-bond donors (Lipinski definition) is 1. The van der Waals surface area contributed by atoms with E-state index in [9.17, 15) is 15.2 Å². The topological polar surface area (TPSA) is 93.6 Å². The number of aryl methyl sites for hydroxylation is 2. The predicted octanol–water partition coefficient (Wildman–Crippen LogP) is 2.66. The number of aliphatic hydroxyl groups excluding tert-OH is 1. The zero-order chi connectivity index (χ0) is 20.6. The Morgan fingerprint density at radius 3 is 2.93 bits per heavy atom.